The average molecular weight is 462 g/mol. The second kappa shape index (κ2) is 11.0. The highest BCUT2D eigenvalue weighted by Gasteiger charge is 2.34. The van der Waals surface area contributed by atoms with Gasteiger partial charge in [-0.25, -0.2) is 4.98 Å². The summed E-state index contributed by atoms with van der Waals surface area (Å²) in [6, 6.07) is -0.0503. The van der Waals surface area contributed by atoms with Crippen LogP contribution in [0.1, 0.15) is 70.4 Å². The van der Waals surface area contributed by atoms with Gasteiger partial charge in [0.2, 0.25) is 11.8 Å². The molecular weight excluding hydrogens is 426 g/mol. The van der Waals surface area contributed by atoms with Crippen molar-refractivity contribution in [2.75, 3.05) is 32.9 Å². The number of hydrogen-bond donors (Lipinski definition) is 2. The summed E-state index contributed by atoms with van der Waals surface area (Å²) in [5, 5.41) is 6.10. The van der Waals surface area contributed by atoms with Crippen LogP contribution in [0.4, 0.5) is 0 Å². The molecule has 0 saturated carbocycles. The van der Waals surface area contributed by atoms with Gasteiger partial charge in [-0.05, 0) is 25.3 Å². The summed E-state index contributed by atoms with van der Waals surface area (Å²) in [5.74, 6) is -0.504. The van der Waals surface area contributed by atoms with E-state index >= 15 is 0 Å². The summed E-state index contributed by atoms with van der Waals surface area (Å²) in [7, 11) is 0. The number of imidazole rings is 1. The Bertz CT molecular complexity index is 923. The van der Waals surface area contributed by atoms with Gasteiger partial charge in [-0.1, -0.05) is 20.8 Å². The highest BCUT2D eigenvalue weighted by molar-refractivity contribution is 6.12. The predicted molar refractivity (Wildman–Crippen MR) is 122 cm³/mol. The van der Waals surface area contributed by atoms with Gasteiger partial charge in [-0.15, -0.1) is 0 Å². The number of morpholine rings is 1. The van der Waals surface area contributed by atoms with Crippen LogP contribution in [0.15, 0.2) is 5.70 Å². The zero-order valence-electron chi connectivity index (χ0n) is 20.1. The molecule has 1 aromatic rings. The number of imide groups is 1. The molecule has 2 aliphatic rings. The van der Waals surface area contributed by atoms with Crippen molar-refractivity contribution in [2.45, 2.75) is 65.6 Å². The van der Waals surface area contributed by atoms with E-state index in [1.807, 2.05) is 6.92 Å². The van der Waals surface area contributed by atoms with E-state index in [0.717, 1.165) is 35.8 Å². The first-order valence-corrected chi connectivity index (χ1v) is 11.7. The summed E-state index contributed by atoms with van der Waals surface area (Å²) in [6.45, 7) is 11.6. The van der Waals surface area contributed by atoms with Crippen LogP contribution >= 0.6 is 0 Å². The van der Waals surface area contributed by atoms with Gasteiger partial charge in [0.1, 0.15) is 18.1 Å². The van der Waals surface area contributed by atoms with Crippen molar-refractivity contribution < 1.29 is 23.9 Å². The zero-order chi connectivity index (χ0) is 24.1. The van der Waals surface area contributed by atoms with E-state index in [0.29, 0.717) is 25.5 Å². The fraction of sp³-hybridized carbons (Fsp3) is 0.652. The SMILES string of the molecule is CCCc1nc(C=C2NC(=O)CN(C(C)=O)C2=O)c(C(C)C)n1C1OCCNC1COCC. The number of amides is 3. The molecule has 2 N–H and O–H groups in total. The molecule has 0 aromatic carbocycles. The highest BCUT2D eigenvalue weighted by Crippen LogP contribution is 2.31. The molecule has 2 unspecified atom stereocenters. The summed E-state index contributed by atoms with van der Waals surface area (Å²) in [4.78, 5) is 42.6. The maximum atomic E-state index is 12.8. The number of aromatic nitrogens is 2. The van der Waals surface area contributed by atoms with Crippen LogP contribution in [-0.2, 0) is 30.3 Å². The molecule has 3 heterocycles. The third-order valence-corrected chi connectivity index (χ3v) is 5.68. The van der Waals surface area contributed by atoms with Gasteiger partial charge in [0.15, 0.2) is 6.23 Å². The third-order valence-electron chi connectivity index (χ3n) is 5.68. The van der Waals surface area contributed by atoms with E-state index < -0.39 is 17.7 Å². The number of carbonyl (C=O) groups excluding carboxylic acids is 3. The number of carbonyl (C=O) groups is 3. The Morgan fingerprint density at radius 2 is 2.09 bits per heavy atom. The van der Waals surface area contributed by atoms with Gasteiger partial charge in [0.05, 0.1) is 30.6 Å². The Kier molecular flexibility index (Phi) is 8.39. The van der Waals surface area contributed by atoms with Gasteiger partial charge < -0.3 is 24.7 Å². The maximum absolute atomic E-state index is 12.8. The standard InChI is InChI=1S/C23H35N5O5/c1-6-8-19-25-16(11-17-22(31)27(15(5)29)12-20(30)26-17)21(14(3)4)28(19)23-18(13-32-7-2)24-9-10-33-23/h11,14,18,23-24H,6-10,12-13H2,1-5H3,(H,26,30). The molecule has 3 rings (SSSR count). The minimum Gasteiger partial charge on any atom is -0.380 e. The number of aryl methyl sites for hydroxylation is 1. The second-order valence-electron chi connectivity index (χ2n) is 8.57. The minimum atomic E-state index is -0.534. The van der Waals surface area contributed by atoms with Gasteiger partial charge >= 0.3 is 0 Å². The smallest absolute Gasteiger partial charge is 0.277 e. The van der Waals surface area contributed by atoms with Gasteiger partial charge in [0.25, 0.3) is 5.91 Å². The summed E-state index contributed by atoms with van der Waals surface area (Å²) >= 11 is 0. The lowest BCUT2D eigenvalue weighted by atomic mass is 10.1. The van der Waals surface area contributed by atoms with E-state index in [9.17, 15) is 14.4 Å². The van der Waals surface area contributed by atoms with E-state index in [2.05, 4.69) is 36.0 Å². The molecule has 1 aromatic heterocycles. The predicted octanol–water partition coefficient (Wildman–Crippen LogP) is 1.33. The molecule has 2 saturated heterocycles. The molecule has 182 valence electrons. The van der Waals surface area contributed by atoms with Crippen molar-refractivity contribution in [1.82, 2.24) is 25.1 Å². The number of hydrogen-bond acceptors (Lipinski definition) is 7. The van der Waals surface area contributed by atoms with Gasteiger partial charge in [0, 0.05) is 26.5 Å². The number of ether oxygens (including phenoxy) is 2. The topological polar surface area (TPSA) is 115 Å². The van der Waals surface area contributed by atoms with Crippen molar-refractivity contribution in [3.63, 3.8) is 0 Å². The minimum absolute atomic E-state index is 0.0459. The van der Waals surface area contributed by atoms with Crippen molar-refractivity contribution in [3.05, 3.63) is 22.9 Å². The van der Waals surface area contributed by atoms with Crippen LogP contribution < -0.4 is 10.6 Å². The molecule has 0 spiro atoms. The fourth-order valence-corrected chi connectivity index (χ4v) is 4.25. The van der Waals surface area contributed by atoms with E-state index in [1.165, 1.54) is 6.92 Å². The largest absolute Gasteiger partial charge is 0.380 e. The third kappa shape index (κ3) is 5.51. The lowest BCUT2D eigenvalue weighted by Gasteiger charge is -2.35. The summed E-state index contributed by atoms with van der Waals surface area (Å²) in [6.07, 6.45) is 2.88. The van der Waals surface area contributed by atoms with Crippen LogP contribution in [0.2, 0.25) is 0 Å². The molecule has 2 fully saturated rings. The van der Waals surface area contributed by atoms with Crippen LogP contribution in [0.3, 0.4) is 0 Å². The zero-order valence-corrected chi connectivity index (χ0v) is 20.1. The molecule has 0 aliphatic carbocycles. The van der Waals surface area contributed by atoms with E-state index in [-0.39, 0.29) is 30.4 Å². The molecule has 0 bridgehead atoms. The normalized spacial score (nSPS) is 22.8. The first-order valence-electron chi connectivity index (χ1n) is 11.7. The molecule has 33 heavy (non-hydrogen) atoms. The monoisotopic (exact) mass is 461 g/mol. The Morgan fingerprint density at radius 1 is 1.33 bits per heavy atom. The summed E-state index contributed by atoms with van der Waals surface area (Å²) < 4.78 is 14.0. The quantitative estimate of drug-likeness (QED) is 0.561. The lowest BCUT2D eigenvalue weighted by molar-refractivity contribution is -0.147. The highest BCUT2D eigenvalue weighted by atomic mass is 16.5. The molecule has 2 aliphatic heterocycles. The number of nitrogens with zero attached hydrogens (tertiary/aromatic N) is 3. The average Bonchev–Trinajstić information content (AvgIpc) is 3.12. The molecule has 2 atom stereocenters. The van der Waals surface area contributed by atoms with Crippen molar-refractivity contribution >= 4 is 23.8 Å². The maximum Gasteiger partial charge on any atom is 0.277 e. The second-order valence-corrected chi connectivity index (χ2v) is 8.57. The number of rotatable bonds is 8. The van der Waals surface area contributed by atoms with Crippen molar-refractivity contribution in [3.8, 4) is 0 Å². The van der Waals surface area contributed by atoms with Gasteiger partial charge in [-0.3, -0.25) is 19.3 Å². The van der Waals surface area contributed by atoms with Crippen LogP contribution in [0.25, 0.3) is 6.08 Å². The summed E-state index contributed by atoms with van der Waals surface area (Å²) in [5.41, 5.74) is 1.54. The van der Waals surface area contributed by atoms with Crippen molar-refractivity contribution in [2.24, 2.45) is 0 Å². The fourth-order valence-electron chi connectivity index (χ4n) is 4.25. The molecule has 10 nitrogen and oxygen atoms in total. The first kappa shape index (κ1) is 25.1. The van der Waals surface area contributed by atoms with Crippen LogP contribution in [0, 0.1) is 0 Å². The Morgan fingerprint density at radius 3 is 2.73 bits per heavy atom. The molecular formula is C23H35N5O5. The van der Waals surface area contributed by atoms with Crippen LogP contribution in [-0.4, -0.2) is 71.1 Å². The van der Waals surface area contributed by atoms with E-state index in [1.54, 1.807) is 6.08 Å². The van der Waals surface area contributed by atoms with Crippen molar-refractivity contribution in [1.29, 1.82) is 0 Å². The molecule has 10 heteroatoms. The van der Waals surface area contributed by atoms with Gasteiger partial charge in [-0.2, -0.15) is 0 Å². The molecule has 3 amide bonds. The van der Waals surface area contributed by atoms with E-state index in [4.69, 9.17) is 14.5 Å². The Balaban J connectivity index is 2.10. The van der Waals surface area contributed by atoms with Crippen LogP contribution in [0.5, 0.6) is 0 Å². The number of nitrogens with one attached hydrogen (secondary N) is 2. The first-order chi connectivity index (χ1) is 15.8. The number of piperazine rings is 1. The Labute approximate surface area is 194 Å². The lowest BCUT2D eigenvalue weighted by Crippen LogP contribution is -2.51. The Hall–Kier alpha value is -2.56. The molecule has 0 radical (unpaired) electrons.